The van der Waals surface area contributed by atoms with Crippen LogP contribution in [0.1, 0.15) is 11.4 Å². The largest absolute Gasteiger partial charge is 0.377 e. The van der Waals surface area contributed by atoms with Gasteiger partial charge in [-0.3, -0.25) is 4.68 Å². The molecule has 2 rings (SSSR count). The van der Waals surface area contributed by atoms with Crippen molar-refractivity contribution in [2.45, 2.75) is 13.2 Å². The van der Waals surface area contributed by atoms with Crippen LogP contribution in [-0.2, 0) is 24.9 Å². The van der Waals surface area contributed by atoms with E-state index in [1.807, 2.05) is 31.4 Å². The van der Waals surface area contributed by atoms with Crippen molar-refractivity contribution in [3.8, 4) is 0 Å². The van der Waals surface area contributed by atoms with E-state index in [0.717, 1.165) is 23.1 Å². The summed E-state index contributed by atoms with van der Waals surface area (Å²) in [6.45, 7) is 1.23. The van der Waals surface area contributed by atoms with Gasteiger partial charge in [0.05, 0.1) is 6.20 Å². The Kier molecular flexibility index (Phi) is 3.70. The first kappa shape index (κ1) is 12.0. The van der Waals surface area contributed by atoms with E-state index in [9.17, 15) is 0 Å². The van der Waals surface area contributed by atoms with Crippen molar-refractivity contribution in [1.29, 1.82) is 0 Å². The molecule has 0 N–H and O–H groups in total. The molecular weight excluding hydrogens is 238 g/mol. The molecule has 0 saturated carbocycles. The van der Waals surface area contributed by atoms with Gasteiger partial charge in [-0.25, -0.2) is 4.98 Å². The molecule has 7 heteroatoms. The summed E-state index contributed by atoms with van der Waals surface area (Å²) >= 11 is 1.38. The van der Waals surface area contributed by atoms with Crippen LogP contribution in [0, 0.1) is 0 Å². The topological polar surface area (TPSA) is 56.1 Å². The Morgan fingerprint density at radius 2 is 2.35 bits per heavy atom. The fraction of sp³-hybridized carbons (Fsp3) is 0.500. The van der Waals surface area contributed by atoms with E-state index in [4.69, 9.17) is 4.74 Å². The Hall–Kier alpha value is -1.47. The average Bonchev–Trinajstić information content (AvgIpc) is 2.88. The molecule has 0 spiro atoms. The van der Waals surface area contributed by atoms with Gasteiger partial charge in [-0.15, -0.1) is 0 Å². The smallest absolute Gasteiger partial charge is 0.205 e. The second kappa shape index (κ2) is 5.24. The van der Waals surface area contributed by atoms with Crippen molar-refractivity contribution >= 4 is 16.7 Å². The van der Waals surface area contributed by atoms with Gasteiger partial charge in [0.15, 0.2) is 5.82 Å². The van der Waals surface area contributed by atoms with Gasteiger partial charge in [0.25, 0.3) is 0 Å². The van der Waals surface area contributed by atoms with E-state index in [-0.39, 0.29) is 0 Å². The van der Waals surface area contributed by atoms with Crippen molar-refractivity contribution in [3.63, 3.8) is 0 Å². The van der Waals surface area contributed by atoms with Crippen molar-refractivity contribution in [1.82, 2.24) is 19.1 Å². The molecule has 2 heterocycles. The Labute approximate surface area is 104 Å². The molecule has 0 aromatic carbocycles. The van der Waals surface area contributed by atoms with Crippen LogP contribution in [0.4, 0.5) is 5.13 Å². The number of anilines is 1. The monoisotopic (exact) mass is 253 g/mol. The number of aryl methyl sites for hydroxylation is 1. The zero-order valence-electron chi connectivity index (χ0n) is 10.1. The molecule has 17 heavy (non-hydrogen) atoms. The maximum atomic E-state index is 4.99. The number of aromatic nitrogens is 4. The lowest BCUT2D eigenvalue weighted by atomic mass is 10.3. The van der Waals surface area contributed by atoms with E-state index < -0.39 is 0 Å². The van der Waals surface area contributed by atoms with Gasteiger partial charge in [0.2, 0.25) is 5.13 Å². The average molecular weight is 253 g/mol. The number of rotatable bonds is 5. The SMILES string of the molecule is COCc1nsc(N(C)Cc2cnn(C)c2)n1. The molecule has 92 valence electrons. The molecule has 6 nitrogen and oxygen atoms in total. The second-order valence-electron chi connectivity index (χ2n) is 3.80. The van der Waals surface area contributed by atoms with Crippen LogP contribution in [0.2, 0.25) is 0 Å². The molecule has 0 aliphatic heterocycles. The molecule has 0 aliphatic carbocycles. The zero-order chi connectivity index (χ0) is 12.3. The standard InChI is InChI=1S/C10H15N5OS/c1-14(5-8-4-11-15(2)6-8)10-12-9(7-16-3)13-17-10/h4,6H,5,7H2,1-3H3. The highest BCUT2D eigenvalue weighted by molar-refractivity contribution is 7.09. The van der Waals surface area contributed by atoms with Crippen LogP contribution >= 0.6 is 11.5 Å². The van der Waals surface area contributed by atoms with E-state index in [0.29, 0.717) is 6.61 Å². The van der Waals surface area contributed by atoms with Gasteiger partial charge < -0.3 is 9.64 Å². The van der Waals surface area contributed by atoms with Crippen LogP contribution in [0.3, 0.4) is 0 Å². The van der Waals surface area contributed by atoms with Gasteiger partial charge in [-0.1, -0.05) is 0 Å². The number of hydrogen-bond acceptors (Lipinski definition) is 6. The predicted molar refractivity (Wildman–Crippen MR) is 65.9 cm³/mol. The van der Waals surface area contributed by atoms with Crippen molar-refractivity contribution in [2.24, 2.45) is 7.05 Å². The van der Waals surface area contributed by atoms with Crippen LogP contribution in [-0.4, -0.2) is 33.3 Å². The summed E-state index contributed by atoms with van der Waals surface area (Å²) in [5.41, 5.74) is 1.15. The van der Waals surface area contributed by atoms with Crippen molar-refractivity contribution in [2.75, 3.05) is 19.1 Å². The number of hydrogen-bond donors (Lipinski definition) is 0. The summed E-state index contributed by atoms with van der Waals surface area (Å²) in [6.07, 6.45) is 3.85. The summed E-state index contributed by atoms with van der Waals surface area (Å²) in [4.78, 5) is 6.43. The normalized spacial score (nSPS) is 10.8. The third kappa shape index (κ3) is 3.01. The Bertz CT molecular complexity index is 481. The molecule has 0 fully saturated rings. The quantitative estimate of drug-likeness (QED) is 0.797. The van der Waals surface area contributed by atoms with E-state index in [1.165, 1.54) is 11.5 Å². The first-order valence-electron chi connectivity index (χ1n) is 5.19. The van der Waals surface area contributed by atoms with Crippen molar-refractivity contribution < 1.29 is 4.74 Å². The molecule has 2 aromatic heterocycles. The van der Waals surface area contributed by atoms with Crippen LogP contribution in [0.5, 0.6) is 0 Å². The number of methoxy groups -OCH3 is 1. The zero-order valence-corrected chi connectivity index (χ0v) is 10.9. The van der Waals surface area contributed by atoms with Crippen molar-refractivity contribution in [3.05, 3.63) is 23.8 Å². The first-order chi connectivity index (χ1) is 8.19. The summed E-state index contributed by atoms with van der Waals surface area (Å²) in [6, 6.07) is 0. The maximum absolute atomic E-state index is 4.99. The van der Waals surface area contributed by atoms with Gasteiger partial charge in [0, 0.05) is 51.0 Å². The summed E-state index contributed by atoms with van der Waals surface area (Å²) in [5.74, 6) is 0.727. The van der Waals surface area contributed by atoms with Gasteiger partial charge in [0.1, 0.15) is 6.61 Å². The predicted octanol–water partition coefficient (Wildman–Crippen LogP) is 1.05. The highest BCUT2D eigenvalue weighted by Gasteiger charge is 2.09. The molecule has 0 bridgehead atoms. The highest BCUT2D eigenvalue weighted by Crippen LogP contribution is 2.18. The Morgan fingerprint density at radius 3 is 3.00 bits per heavy atom. The Morgan fingerprint density at radius 1 is 1.53 bits per heavy atom. The van der Waals surface area contributed by atoms with Crippen LogP contribution < -0.4 is 4.90 Å². The van der Waals surface area contributed by atoms with E-state index >= 15 is 0 Å². The highest BCUT2D eigenvalue weighted by atomic mass is 32.1. The molecule has 0 saturated heterocycles. The van der Waals surface area contributed by atoms with E-state index in [1.54, 1.807) is 11.8 Å². The van der Waals surface area contributed by atoms with Gasteiger partial charge in [-0.05, 0) is 0 Å². The second-order valence-corrected chi connectivity index (χ2v) is 4.53. The summed E-state index contributed by atoms with van der Waals surface area (Å²) in [5, 5.41) is 5.03. The Balaban J connectivity index is 2.01. The minimum atomic E-state index is 0.456. The minimum absolute atomic E-state index is 0.456. The lowest BCUT2D eigenvalue weighted by molar-refractivity contribution is 0.179. The lowest BCUT2D eigenvalue weighted by Crippen LogP contribution is -2.15. The third-order valence-corrected chi connectivity index (χ3v) is 3.10. The first-order valence-corrected chi connectivity index (χ1v) is 5.96. The van der Waals surface area contributed by atoms with Gasteiger partial charge in [-0.2, -0.15) is 9.47 Å². The molecule has 2 aromatic rings. The molecular formula is C10H15N5OS. The molecule has 0 radical (unpaired) electrons. The minimum Gasteiger partial charge on any atom is -0.377 e. The van der Waals surface area contributed by atoms with Crippen LogP contribution in [0.15, 0.2) is 12.4 Å². The molecule has 0 unspecified atom stereocenters. The van der Waals surface area contributed by atoms with Gasteiger partial charge >= 0.3 is 0 Å². The summed E-state index contributed by atoms with van der Waals surface area (Å²) in [7, 11) is 5.54. The molecule has 0 atom stereocenters. The third-order valence-electron chi connectivity index (χ3n) is 2.24. The lowest BCUT2D eigenvalue weighted by Gasteiger charge is -2.13. The number of ether oxygens (including phenoxy) is 1. The maximum Gasteiger partial charge on any atom is 0.205 e. The number of nitrogens with zero attached hydrogens (tertiary/aromatic N) is 5. The van der Waals surface area contributed by atoms with E-state index in [2.05, 4.69) is 14.5 Å². The molecule has 0 amide bonds. The summed E-state index contributed by atoms with van der Waals surface area (Å²) < 4.78 is 11.0. The fourth-order valence-corrected chi connectivity index (χ4v) is 2.11. The molecule has 0 aliphatic rings. The fourth-order valence-electron chi connectivity index (χ4n) is 1.48. The van der Waals surface area contributed by atoms with Crippen LogP contribution in [0.25, 0.3) is 0 Å².